The maximum atomic E-state index is 12.7. The summed E-state index contributed by atoms with van der Waals surface area (Å²) in [6.07, 6.45) is 32.4. The summed E-state index contributed by atoms with van der Waals surface area (Å²) < 4.78 is 22.5. The van der Waals surface area contributed by atoms with Gasteiger partial charge in [0, 0.05) is 12.8 Å². The standard InChI is InChI=1S/C43H81NO8/c1-6-8-10-12-14-16-18-19-20-21-22-24-25-27-29-31-33-40(45)50-37-39(38-51-43(42(47)48)49-36-35-44(3,4)5)52-41(46)34-32-30-28-26-23-17-15-13-11-9-7-2/h13,15,39,43H,6-12,14,16-38H2,1-5H3/b15-13-. The zero-order chi connectivity index (χ0) is 38.5. The van der Waals surface area contributed by atoms with Crippen LogP contribution < -0.4 is 5.11 Å². The molecular formula is C43H81NO8. The molecule has 306 valence electrons. The van der Waals surface area contributed by atoms with Crippen molar-refractivity contribution < 1.29 is 42.9 Å². The number of carbonyl (C=O) groups excluding carboxylic acids is 3. The van der Waals surface area contributed by atoms with Crippen LogP contribution in [0.25, 0.3) is 0 Å². The Morgan fingerprint density at radius 3 is 1.48 bits per heavy atom. The number of allylic oxidation sites excluding steroid dienone is 2. The fraction of sp³-hybridized carbons (Fsp3) is 0.884. The molecule has 2 atom stereocenters. The van der Waals surface area contributed by atoms with Crippen LogP contribution in [0.4, 0.5) is 0 Å². The average molecular weight is 740 g/mol. The molecule has 0 rings (SSSR count). The van der Waals surface area contributed by atoms with Crippen molar-refractivity contribution in [1.29, 1.82) is 0 Å². The summed E-state index contributed by atoms with van der Waals surface area (Å²) in [5.41, 5.74) is 0. The summed E-state index contributed by atoms with van der Waals surface area (Å²) in [4.78, 5) is 36.8. The molecule has 0 bridgehead atoms. The number of carbonyl (C=O) groups is 3. The Labute approximate surface area is 319 Å². The Hall–Kier alpha value is -1.97. The van der Waals surface area contributed by atoms with E-state index < -0.39 is 24.3 Å². The van der Waals surface area contributed by atoms with Crippen LogP contribution in [0.1, 0.15) is 187 Å². The van der Waals surface area contributed by atoms with Gasteiger partial charge in [-0.2, -0.15) is 0 Å². The number of rotatable bonds is 39. The zero-order valence-corrected chi connectivity index (χ0v) is 34.4. The summed E-state index contributed by atoms with van der Waals surface area (Å²) in [6, 6.07) is 0. The van der Waals surface area contributed by atoms with Gasteiger partial charge in [-0.1, -0.05) is 154 Å². The first kappa shape index (κ1) is 50.0. The Morgan fingerprint density at radius 2 is 1.00 bits per heavy atom. The Kier molecular flexibility index (Phi) is 34.7. The van der Waals surface area contributed by atoms with Crippen molar-refractivity contribution in [2.75, 3.05) is 47.5 Å². The lowest BCUT2D eigenvalue weighted by Crippen LogP contribution is -2.44. The fourth-order valence-corrected chi connectivity index (χ4v) is 5.87. The van der Waals surface area contributed by atoms with Gasteiger partial charge in [-0.15, -0.1) is 0 Å². The molecule has 0 saturated heterocycles. The number of carboxylic acids is 1. The molecule has 0 spiro atoms. The van der Waals surface area contributed by atoms with Gasteiger partial charge < -0.3 is 33.3 Å². The van der Waals surface area contributed by atoms with E-state index in [2.05, 4.69) is 26.0 Å². The first-order valence-corrected chi connectivity index (χ1v) is 21.3. The van der Waals surface area contributed by atoms with Gasteiger partial charge in [-0.05, 0) is 32.1 Å². The van der Waals surface area contributed by atoms with Gasteiger partial charge in [0.15, 0.2) is 12.4 Å². The molecule has 0 amide bonds. The van der Waals surface area contributed by atoms with Crippen molar-refractivity contribution in [2.24, 2.45) is 0 Å². The van der Waals surface area contributed by atoms with Gasteiger partial charge in [0.2, 0.25) is 0 Å². The van der Waals surface area contributed by atoms with Gasteiger partial charge in [0.1, 0.15) is 13.2 Å². The van der Waals surface area contributed by atoms with E-state index in [1.54, 1.807) is 0 Å². The van der Waals surface area contributed by atoms with E-state index in [0.29, 0.717) is 23.9 Å². The first-order chi connectivity index (χ1) is 25.1. The number of unbranched alkanes of at least 4 members (excludes halogenated alkanes) is 22. The molecule has 2 unspecified atom stereocenters. The number of aliphatic carboxylic acids is 1. The summed E-state index contributed by atoms with van der Waals surface area (Å²) in [7, 11) is 5.90. The second-order valence-electron chi connectivity index (χ2n) is 15.6. The molecule has 0 saturated carbocycles. The maximum absolute atomic E-state index is 12.7. The van der Waals surface area contributed by atoms with Crippen LogP contribution >= 0.6 is 0 Å². The van der Waals surface area contributed by atoms with Crippen LogP contribution in [0.15, 0.2) is 12.2 Å². The Morgan fingerprint density at radius 1 is 0.558 bits per heavy atom. The quantitative estimate of drug-likeness (QED) is 0.0202. The highest BCUT2D eigenvalue weighted by molar-refractivity contribution is 5.70. The third kappa shape index (κ3) is 36.4. The van der Waals surface area contributed by atoms with Crippen molar-refractivity contribution in [1.82, 2.24) is 0 Å². The van der Waals surface area contributed by atoms with E-state index in [4.69, 9.17) is 18.9 Å². The van der Waals surface area contributed by atoms with Crippen LogP contribution in [-0.4, -0.2) is 82.3 Å². The Bertz CT molecular complexity index is 872. The molecule has 0 heterocycles. The van der Waals surface area contributed by atoms with Crippen molar-refractivity contribution in [3.8, 4) is 0 Å². The molecule has 9 nitrogen and oxygen atoms in total. The zero-order valence-electron chi connectivity index (χ0n) is 34.4. The topological polar surface area (TPSA) is 111 Å². The van der Waals surface area contributed by atoms with Gasteiger partial charge in [0.05, 0.1) is 40.3 Å². The summed E-state index contributed by atoms with van der Waals surface area (Å²) in [5.74, 6) is -2.29. The molecule has 52 heavy (non-hydrogen) atoms. The smallest absolute Gasteiger partial charge is 0.306 e. The van der Waals surface area contributed by atoms with E-state index >= 15 is 0 Å². The number of hydrogen-bond donors (Lipinski definition) is 0. The first-order valence-electron chi connectivity index (χ1n) is 21.3. The largest absolute Gasteiger partial charge is 0.545 e. The lowest BCUT2D eigenvalue weighted by Gasteiger charge is -2.26. The van der Waals surface area contributed by atoms with Gasteiger partial charge >= 0.3 is 11.9 Å². The molecule has 9 heteroatoms. The lowest BCUT2D eigenvalue weighted by molar-refractivity contribution is -0.870. The minimum atomic E-state index is -1.62. The van der Waals surface area contributed by atoms with Crippen molar-refractivity contribution in [3.63, 3.8) is 0 Å². The summed E-state index contributed by atoms with van der Waals surface area (Å²) in [6.45, 7) is 4.70. The average Bonchev–Trinajstić information content (AvgIpc) is 3.09. The highest BCUT2D eigenvalue weighted by Crippen LogP contribution is 2.15. The number of nitrogens with zero attached hydrogens (tertiary/aromatic N) is 1. The van der Waals surface area contributed by atoms with E-state index in [9.17, 15) is 19.5 Å². The Balaban J connectivity index is 4.42. The third-order valence-corrected chi connectivity index (χ3v) is 9.26. The van der Waals surface area contributed by atoms with E-state index in [-0.39, 0.29) is 32.2 Å². The van der Waals surface area contributed by atoms with Crippen LogP contribution in [0, 0.1) is 0 Å². The fourth-order valence-electron chi connectivity index (χ4n) is 5.87. The number of likely N-dealkylation sites (N-methyl/N-ethyl adjacent to an activating group) is 1. The highest BCUT2D eigenvalue weighted by atomic mass is 16.7. The molecule has 0 aromatic heterocycles. The van der Waals surface area contributed by atoms with Crippen LogP contribution in [-0.2, 0) is 33.3 Å². The van der Waals surface area contributed by atoms with Gasteiger partial charge in [-0.25, -0.2) is 0 Å². The molecule has 0 aromatic carbocycles. The minimum absolute atomic E-state index is 0.149. The second-order valence-corrected chi connectivity index (χ2v) is 15.6. The predicted molar refractivity (Wildman–Crippen MR) is 210 cm³/mol. The molecule has 0 radical (unpaired) electrons. The maximum Gasteiger partial charge on any atom is 0.306 e. The van der Waals surface area contributed by atoms with Crippen molar-refractivity contribution >= 4 is 17.9 Å². The van der Waals surface area contributed by atoms with E-state index in [1.165, 1.54) is 96.3 Å². The molecule has 0 aliphatic heterocycles. The molecular weight excluding hydrogens is 658 g/mol. The van der Waals surface area contributed by atoms with Crippen molar-refractivity contribution in [2.45, 2.75) is 200 Å². The number of esters is 2. The molecule has 0 fully saturated rings. The normalized spacial score (nSPS) is 13.0. The lowest BCUT2D eigenvalue weighted by atomic mass is 10.0. The second kappa shape index (κ2) is 36.0. The molecule has 0 aliphatic rings. The molecule has 0 N–H and O–H groups in total. The minimum Gasteiger partial charge on any atom is -0.545 e. The van der Waals surface area contributed by atoms with E-state index in [0.717, 1.165) is 57.8 Å². The number of hydrogen-bond acceptors (Lipinski definition) is 8. The van der Waals surface area contributed by atoms with Crippen LogP contribution in [0.5, 0.6) is 0 Å². The van der Waals surface area contributed by atoms with Crippen molar-refractivity contribution in [3.05, 3.63) is 12.2 Å². The van der Waals surface area contributed by atoms with Crippen LogP contribution in [0.2, 0.25) is 0 Å². The number of quaternary nitrogens is 1. The summed E-state index contributed by atoms with van der Waals surface area (Å²) >= 11 is 0. The molecule has 0 aliphatic carbocycles. The van der Waals surface area contributed by atoms with Gasteiger partial charge in [-0.3, -0.25) is 9.59 Å². The van der Waals surface area contributed by atoms with Crippen LogP contribution in [0.3, 0.4) is 0 Å². The predicted octanol–water partition coefficient (Wildman–Crippen LogP) is 9.39. The van der Waals surface area contributed by atoms with Gasteiger partial charge in [0.25, 0.3) is 0 Å². The number of carboxylic acid groups (broad SMARTS) is 1. The van der Waals surface area contributed by atoms with E-state index in [1.807, 2.05) is 21.1 Å². The monoisotopic (exact) mass is 740 g/mol. The SMILES string of the molecule is CCCC/C=C\CCCCCCCC(=O)OC(COC(=O)CCCCCCCCCCCCCCCCCC)COC(OCC[N+](C)(C)C)C(=O)[O-]. The summed E-state index contributed by atoms with van der Waals surface area (Å²) in [5, 5.41) is 11.6. The number of ether oxygens (including phenoxy) is 4. The highest BCUT2D eigenvalue weighted by Gasteiger charge is 2.21. The third-order valence-electron chi connectivity index (χ3n) is 9.26. The molecule has 0 aromatic rings.